The molecule has 1 amide bonds. The summed E-state index contributed by atoms with van der Waals surface area (Å²) in [5.74, 6) is 0.554. The number of hydrogen-bond acceptors (Lipinski definition) is 4. The molecule has 2 heterocycles. The van der Waals surface area contributed by atoms with Gasteiger partial charge in [-0.1, -0.05) is 18.2 Å². The quantitative estimate of drug-likeness (QED) is 0.800. The smallest absolute Gasteiger partial charge is 0.311 e. The third-order valence-corrected chi connectivity index (χ3v) is 5.62. The fraction of sp³-hybridized carbons (Fsp3) is 0.368. The van der Waals surface area contributed by atoms with Gasteiger partial charge in [-0.25, -0.2) is 0 Å². The molecule has 1 aliphatic heterocycles. The van der Waals surface area contributed by atoms with E-state index in [-0.39, 0.29) is 18.1 Å². The van der Waals surface area contributed by atoms with E-state index in [1.165, 1.54) is 11.2 Å². The number of nitrogens with zero attached hydrogens (tertiary/aromatic N) is 1. The first kappa shape index (κ1) is 17.6. The standard InChI is InChI=1S/C19H21NO4S/c1-13-11-24-16(9-17(21)22)18(13)19(23)20-8-7-14(10-20)12-25-15-5-3-2-4-6-15/h2-6,11,14H,7-10,12H2,1H3,(H,21,22)/t14-/m0/s1. The number of aliphatic carboxylic acids is 1. The molecule has 25 heavy (non-hydrogen) atoms. The van der Waals surface area contributed by atoms with E-state index < -0.39 is 5.97 Å². The molecule has 0 saturated carbocycles. The summed E-state index contributed by atoms with van der Waals surface area (Å²) in [4.78, 5) is 26.8. The molecule has 0 unspecified atom stereocenters. The first-order chi connectivity index (χ1) is 12.0. The minimum atomic E-state index is -0.998. The molecule has 1 atom stereocenters. The van der Waals surface area contributed by atoms with Crippen molar-refractivity contribution in [1.82, 2.24) is 4.90 Å². The number of carboxylic acids is 1. The number of carbonyl (C=O) groups excluding carboxylic acids is 1. The van der Waals surface area contributed by atoms with Gasteiger partial charge in [-0.05, 0) is 31.4 Å². The van der Waals surface area contributed by atoms with Crippen molar-refractivity contribution in [1.29, 1.82) is 0 Å². The maximum absolute atomic E-state index is 12.8. The molecule has 1 N–H and O–H groups in total. The lowest BCUT2D eigenvalue weighted by molar-refractivity contribution is -0.136. The minimum Gasteiger partial charge on any atom is -0.481 e. The van der Waals surface area contributed by atoms with E-state index in [0.29, 0.717) is 30.1 Å². The topological polar surface area (TPSA) is 70.7 Å². The van der Waals surface area contributed by atoms with Crippen LogP contribution in [0.25, 0.3) is 0 Å². The second kappa shape index (κ2) is 7.78. The molecule has 0 aliphatic carbocycles. The zero-order valence-electron chi connectivity index (χ0n) is 14.1. The van der Waals surface area contributed by atoms with Crippen LogP contribution in [0.15, 0.2) is 45.9 Å². The number of aryl methyl sites for hydroxylation is 1. The van der Waals surface area contributed by atoms with Crippen molar-refractivity contribution < 1.29 is 19.1 Å². The Morgan fingerprint density at radius 3 is 2.80 bits per heavy atom. The Balaban J connectivity index is 1.61. The lowest BCUT2D eigenvalue weighted by atomic mass is 10.1. The molecule has 0 radical (unpaired) electrons. The van der Waals surface area contributed by atoms with E-state index in [1.807, 2.05) is 34.9 Å². The number of thioether (sulfide) groups is 1. The van der Waals surface area contributed by atoms with Crippen molar-refractivity contribution in [3.05, 3.63) is 53.5 Å². The Morgan fingerprint density at radius 1 is 1.32 bits per heavy atom. The van der Waals surface area contributed by atoms with Crippen LogP contribution in [0, 0.1) is 12.8 Å². The van der Waals surface area contributed by atoms with E-state index in [0.717, 1.165) is 12.2 Å². The van der Waals surface area contributed by atoms with Gasteiger partial charge in [0.05, 0.1) is 11.8 Å². The molecule has 132 valence electrons. The summed E-state index contributed by atoms with van der Waals surface area (Å²) >= 11 is 1.81. The molecular weight excluding hydrogens is 338 g/mol. The maximum atomic E-state index is 12.8. The van der Waals surface area contributed by atoms with Crippen molar-refractivity contribution in [3.8, 4) is 0 Å². The molecular formula is C19H21NO4S. The van der Waals surface area contributed by atoms with Crippen molar-refractivity contribution in [3.63, 3.8) is 0 Å². The van der Waals surface area contributed by atoms with Crippen LogP contribution in [0.2, 0.25) is 0 Å². The number of carboxylic acid groups (broad SMARTS) is 1. The molecule has 1 saturated heterocycles. The molecule has 6 heteroatoms. The Labute approximate surface area is 151 Å². The van der Waals surface area contributed by atoms with Gasteiger partial charge in [0, 0.05) is 29.3 Å². The first-order valence-electron chi connectivity index (χ1n) is 8.30. The van der Waals surface area contributed by atoms with E-state index in [2.05, 4.69) is 12.1 Å². The van der Waals surface area contributed by atoms with Gasteiger partial charge in [0.25, 0.3) is 5.91 Å². The van der Waals surface area contributed by atoms with E-state index in [9.17, 15) is 9.59 Å². The van der Waals surface area contributed by atoms with Crippen LogP contribution >= 0.6 is 11.8 Å². The van der Waals surface area contributed by atoms with Gasteiger partial charge < -0.3 is 14.4 Å². The molecule has 3 rings (SSSR count). The summed E-state index contributed by atoms with van der Waals surface area (Å²) in [5.41, 5.74) is 1.11. The average Bonchev–Trinajstić information content (AvgIpc) is 3.20. The predicted octanol–water partition coefficient (Wildman–Crippen LogP) is 3.47. The van der Waals surface area contributed by atoms with Crippen LogP contribution < -0.4 is 0 Å². The van der Waals surface area contributed by atoms with Crippen LogP contribution in [-0.4, -0.2) is 40.7 Å². The Hall–Kier alpha value is -2.21. The summed E-state index contributed by atoms with van der Waals surface area (Å²) in [6.45, 7) is 3.19. The summed E-state index contributed by atoms with van der Waals surface area (Å²) in [6.07, 6.45) is 2.16. The number of benzene rings is 1. The zero-order chi connectivity index (χ0) is 17.8. The fourth-order valence-electron chi connectivity index (χ4n) is 3.09. The van der Waals surface area contributed by atoms with Gasteiger partial charge in [0.2, 0.25) is 0 Å². The average molecular weight is 359 g/mol. The fourth-order valence-corrected chi connectivity index (χ4v) is 4.14. The summed E-state index contributed by atoms with van der Waals surface area (Å²) < 4.78 is 5.29. The van der Waals surface area contributed by atoms with Crippen molar-refractivity contribution in [2.24, 2.45) is 5.92 Å². The second-order valence-electron chi connectivity index (χ2n) is 6.32. The summed E-state index contributed by atoms with van der Waals surface area (Å²) in [7, 11) is 0. The number of hydrogen-bond donors (Lipinski definition) is 1. The SMILES string of the molecule is Cc1coc(CC(=O)O)c1C(=O)N1CC[C@H](CSc2ccccc2)C1. The van der Waals surface area contributed by atoms with Gasteiger partial charge in [-0.3, -0.25) is 9.59 Å². The summed E-state index contributed by atoms with van der Waals surface area (Å²) in [6, 6.07) is 10.2. The second-order valence-corrected chi connectivity index (χ2v) is 7.41. The lowest BCUT2D eigenvalue weighted by Crippen LogP contribution is -2.30. The molecule has 1 fully saturated rings. The number of likely N-dealkylation sites (tertiary alicyclic amines) is 1. The summed E-state index contributed by atoms with van der Waals surface area (Å²) in [5, 5.41) is 8.98. The molecule has 0 spiro atoms. The van der Waals surface area contributed by atoms with Crippen molar-refractivity contribution in [2.75, 3.05) is 18.8 Å². The molecule has 5 nitrogen and oxygen atoms in total. The minimum absolute atomic E-state index is 0.116. The van der Waals surface area contributed by atoms with Gasteiger partial charge in [-0.2, -0.15) is 0 Å². The van der Waals surface area contributed by atoms with Crippen LogP contribution in [0.5, 0.6) is 0 Å². The number of furan rings is 1. The highest BCUT2D eigenvalue weighted by molar-refractivity contribution is 7.99. The van der Waals surface area contributed by atoms with Crippen molar-refractivity contribution >= 4 is 23.6 Å². The molecule has 1 aromatic carbocycles. The Bertz CT molecular complexity index is 756. The Kier molecular flexibility index (Phi) is 5.48. The molecule has 1 aliphatic rings. The van der Waals surface area contributed by atoms with Gasteiger partial charge in [0.1, 0.15) is 12.2 Å². The maximum Gasteiger partial charge on any atom is 0.311 e. The van der Waals surface area contributed by atoms with Crippen LogP contribution in [-0.2, 0) is 11.2 Å². The van der Waals surface area contributed by atoms with E-state index in [4.69, 9.17) is 9.52 Å². The first-order valence-corrected chi connectivity index (χ1v) is 9.29. The van der Waals surface area contributed by atoms with E-state index in [1.54, 1.807) is 6.92 Å². The van der Waals surface area contributed by atoms with Crippen LogP contribution in [0.1, 0.15) is 28.1 Å². The van der Waals surface area contributed by atoms with Gasteiger partial charge in [-0.15, -0.1) is 11.8 Å². The predicted molar refractivity (Wildman–Crippen MR) is 96.0 cm³/mol. The number of amides is 1. The molecule has 2 aromatic rings. The van der Waals surface area contributed by atoms with Crippen LogP contribution in [0.4, 0.5) is 0 Å². The molecule has 1 aromatic heterocycles. The van der Waals surface area contributed by atoms with Gasteiger partial charge >= 0.3 is 5.97 Å². The molecule has 0 bridgehead atoms. The third kappa shape index (κ3) is 4.25. The third-order valence-electron chi connectivity index (χ3n) is 4.38. The van der Waals surface area contributed by atoms with Crippen molar-refractivity contribution in [2.45, 2.75) is 24.7 Å². The monoisotopic (exact) mass is 359 g/mol. The highest BCUT2D eigenvalue weighted by atomic mass is 32.2. The highest BCUT2D eigenvalue weighted by Crippen LogP contribution is 2.28. The highest BCUT2D eigenvalue weighted by Gasteiger charge is 2.30. The lowest BCUT2D eigenvalue weighted by Gasteiger charge is -2.17. The zero-order valence-corrected chi connectivity index (χ0v) is 14.9. The number of carbonyl (C=O) groups is 2. The van der Waals surface area contributed by atoms with E-state index >= 15 is 0 Å². The normalized spacial score (nSPS) is 17.0. The van der Waals surface area contributed by atoms with Crippen LogP contribution in [0.3, 0.4) is 0 Å². The largest absolute Gasteiger partial charge is 0.481 e. The Morgan fingerprint density at radius 2 is 2.08 bits per heavy atom. The van der Waals surface area contributed by atoms with Gasteiger partial charge in [0.15, 0.2) is 0 Å². The number of rotatable bonds is 6.